The zero-order chi connectivity index (χ0) is 15.6. The van der Waals surface area contributed by atoms with E-state index in [4.69, 9.17) is 10.9 Å². The second-order valence-electron chi connectivity index (χ2n) is 5.75. The van der Waals surface area contributed by atoms with Crippen LogP contribution in [0.5, 0.6) is 0 Å². The van der Waals surface area contributed by atoms with Crippen LogP contribution in [0.1, 0.15) is 26.3 Å². The number of hydrogen-bond acceptors (Lipinski definition) is 4. The molecule has 0 aromatic heterocycles. The first-order chi connectivity index (χ1) is 9.01. The van der Waals surface area contributed by atoms with Crippen molar-refractivity contribution in [3.8, 4) is 0 Å². The number of rotatable bonds is 4. The predicted molar refractivity (Wildman–Crippen MR) is 77.1 cm³/mol. The van der Waals surface area contributed by atoms with Gasteiger partial charge in [-0.1, -0.05) is 32.9 Å². The second kappa shape index (κ2) is 5.90. The summed E-state index contributed by atoms with van der Waals surface area (Å²) in [7, 11) is -3.74. The molecule has 6 nitrogen and oxygen atoms in total. The Morgan fingerprint density at radius 2 is 1.95 bits per heavy atom. The van der Waals surface area contributed by atoms with E-state index in [-0.39, 0.29) is 22.8 Å². The van der Waals surface area contributed by atoms with Gasteiger partial charge in [-0.15, -0.1) is 0 Å². The van der Waals surface area contributed by atoms with Crippen LogP contribution in [0.4, 0.5) is 0 Å². The molecule has 1 aromatic rings. The Morgan fingerprint density at radius 3 is 2.45 bits per heavy atom. The van der Waals surface area contributed by atoms with Crippen LogP contribution >= 0.6 is 0 Å². The van der Waals surface area contributed by atoms with Crippen molar-refractivity contribution in [2.24, 2.45) is 16.3 Å². The summed E-state index contributed by atoms with van der Waals surface area (Å²) in [5, 5.41) is 7.74. The van der Waals surface area contributed by atoms with Crippen LogP contribution in [0, 0.1) is 5.41 Å². The summed E-state index contributed by atoms with van der Waals surface area (Å²) in [5.74, 6) is -0.279. The fourth-order valence-corrected chi connectivity index (χ4v) is 2.11. The summed E-state index contributed by atoms with van der Waals surface area (Å²) in [6.45, 7) is 5.82. The third-order valence-corrected chi connectivity index (χ3v) is 3.82. The Kier molecular flexibility index (Phi) is 4.90. The van der Waals surface area contributed by atoms with E-state index in [1.165, 1.54) is 12.1 Å². The SMILES string of the molecule is CC(C)(C)[C@@H](N)C(=O)NCc1cccc(S(N)(=O)=O)c1. The maximum Gasteiger partial charge on any atom is 0.238 e. The molecule has 0 aliphatic heterocycles. The molecule has 0 saturated heterocycles. The Labute approximate surface area is 119 Å². The molecule has 20 heavy (non-hydrogen) atoms. The molecule has 7 heteroatoms. The van der Waals surface area contributed by atoms with E-state index in [0.29, 0.717) is 5.56 Å². The van der Waals surface area contributed by atoms with Crippen molar-refractivity contribution in [1.82, 2.24) is 5.32 Å². The molecule has 1 rings (SSSR count). The van der Waals surface area contributed by atoms with E-state index in [1.54, 1.807) is 12.1 Å². The fraction of sp³-hybridized carbons (Fsp3) is 0.462. The van der Waals surface area contributed by atoms with Crippen LogP contribution in [0.3, 0.4) is 0 Å². The first-order valence-electron chi connectivity index (χ1n) is 6.17. The largest absolute Gasteiger partial charge is 0.351 e. The Hall–Kier alpha value is -1.44. The molecule has 0 unspecified atom stereocenters. The number of benzene rings is 1. The average molecular weight is 299 g/mol. The highest BCUT2D eigenvalue weighted by atomic mass is 32.2. The second-order valence-corrected chi connectivity index (χ2v) is 7.32. The molecule has 112 valence electrons. The molecule has 0 heterocycles. The summed E-state index contributed by atoms with van der Waals surface area (Å²) >= 11 is 0. The molecule has 0 aliphatic carbocycles. The van der Waals surface area contributed by atoms with Crippen molar-refractivity contribution in [1.29, 1.82) is 0 Å². The molecule has 0 aliphatic rings. The van der Waals surface area contributed by atoms with E-state index in [2.05, 4.69) is 5.32 Å². The minimum atomic E-state index is -3.74. The lowest BCUT2D eigenvalue weighted by atomic mass is 9.87. The zero-order valence-electron chi connectivity index (χ0n) is 11.9. The van der Waals surface area contributed by atoms with Crippen LogP contribution in [0.25, 0.3) is 0 Å². The van der Waals surface area contributed by atoms with Gasteiger partial charge in [0.05, 0.1) is 10.9 Å². The predicted octanol–water partition coefficient (Wildman–Crippen LogP) is 0.324. The van der Waals surface area contributed by atoms with Crippen molar-refractivity contribution >= 4 is 15.9 Å². The van der Waals surface area contributed by atoms with Crippen LogP contribution < -0.4 is 16.2 Å². The lowest BCUT2D eigenvalue weighted by Crippen LogP contribution is -2.48. The number of hydrogen-bond donors (Lipinski definition) is 3. The molecule has 0 bridgehead atoms. The van der Waals surface area contributed by atoms with Gasteiger partial charge in [0.25, 0.3) is 0 Å². The molecule has 0 fully saturated rings. The summed E-state index contributed by atoms with van der Waals surface area (Å²) in [6, 6.07) is 5.48. The van der Waals surface area contributed by atoms with E-state index in [1.807, 2.05) is 20.8 Å². The fourth-order valence-electron chi connectivity index (χ4n) is 1.52. The minimum Gasteiger partial charge on any atom is -0.351 e. The third-order valence-electron chi connectivity index (χ3n) is 2.91. The van der Waals surface area contributed by atoms with Gasteiger partial charge < -0.3 is 11.1 Å². The zero-order valence-corrected chi connectivity index (χ0v) is 12.7. The molecule has 1 amide bonds. The van der Waals surface area contributed by atoms with Gasteiger partial charge in [-0.05, 0) is 23.1 Å². The van der Waals surface area contributed by atoms with Crippen LogP contribution in [0.2, 0.25) is 0 Å². The van der Waals surface area contributed by atoms with Gasteiger partial charge in [0.1, 0.15) is 0 Å². The summed E-state index contributed by atoms with van der Waals surface area (Å²) in [5.41, 5.74) is 6.13. The number of nitrogens with one attached hydrogen (secondary N) is 1. The molecular formula is C13H21N3O3S. The van der Waals surface area contributed by atoms with Gasteiger partial charge in [0.15, 0.2) is 0 Å². The standard InChI is InChI=1S/C13H21N3O3S/c1-13(2,3)11(14)12(17)16-8-9-5-4-6-10(7-9)20(15,18)19/h4-7,11H,8,14H2,1-3H3,(H,16,17)(H2,15,18,19)/t11-/m0/s1. The van der Waals surface area contributed by atoms with Crippen molar-refractivity contribution in [3.05, 3.63) is 29.8 Å². The number of primary sulfonamides is 1. The van der Waals surface area contributed by atoms with Crippen molar-refractivity contribution in [2.75, 3.05) is 0 Å². The van der Waals surface area contributed by atoms with Gasteiger partial charge >= 0.3 is 0 Å². The lowest BCUT2D eigenvalue weighted by Gasteiger charge is -2.25. The quantitative estimate of drug-likeness (QED) is 0.742. The monoisotopic (exact) mass is 299 g/mol. The molecular weight excluding hydrogens is 278 g/mol. The first kappa shape index (κ1) is 16.6. The topological polar surface area (TPSA) is 115 Å². The van der Waals surface area contributed by atoms with Crippen LogP contribution in [-0.2, 0) is 21.4 Å². The van der Waals surface area contributed by atoms with E-state index >= 15 is 0 Å². The van der Waals surface area contributed by atoms with Crippen LogP contribution in [-0.4, -0.2) is 20.4 Å². The average Bonchev–Trinajstić information content (AvgIpc) is 2.33. The molecule has 1 aromatic carbocycles. The van der Waals surface area contributed by atoms with Crippen molar-refractivity contribution in [2.45, 2.75) is 38.3 Å². The van der Waals surface area contributed by atoms with Gasteiger partial charge in [-0.3, -0.25) is 4.79 Å². The number of carbonyl (C=O) groups excluding carboxylic acids is 1. The number of nitrogens with two attached hydrogens (primary N) is 2. The molecule has 0 saturated carbocycles. The minimum absolute atomic E-state index is 0.0179. The maximum atomic E-state index is 11.9. The Morgan fingerprint density at radius 1 is 1.35 bits per heavy atom. The van der Waals surface area contributed by atoms with Crippen molar-refractivity contribution < 1.29 is 13.2 Å². The Bertz CT molecular complexity index is 591. The summed E-state index contributed by atoms with van der Waals surface area (Å²) < 4.78 is 22.5. The van der Waals surface area contributed by atoms with Gasteiger partial charge in [-0.2, -0.15) is 0 Å². The van der Waals surface area contributed by atoms with Crippen LogP contribution in [0.15, 0.2) is 29.2 Å². The van der Waals surface area contributed by atoms with Gasteiger partial charge in [-0.25, -0.2) is 13.6 Å². The van der Waals surface area contributed by atoms with Gasteiger partial charge in [0.2, 0.25) is 15.9 Å². The third kappa shape index (κ3) is 4.59. The summed E-state index contributed by atoms with van der Waals surface area (Å²) in [4.78, 5) is 11.9. The highest BCUT2D eigenvalue weighted by Gasteiger charge is 2.27. The molecule has 1 atom stereocenters. The lowest BCUT2D eigenvalue weighted by molar-refractivity contribution is -0.124. The molecule has 5 N–H and O–H groups in total. The van der Waals surface area contributed by atoms with E-state index in [0.717, 1.165) is 0 Å². The highest BCUT2D eigenvalue weighted by molar-refractivity contribution is 7.89. The smallest absolute Gasteiger partial charge is 0.238 e. The number of carbonyl (C=O) groups is 1. The summed E-state index contributed by atoms with van der Waals surface area (Å²) in [6.07, 6.45) is 0. The molecule has 0 spiro atoms. The van der Waals surface area contributed by atoms with Crippen molar-refractivity contribution in [3.63, 3.8) is 0 Å². The number of amides is 1. The van der Waals surface area contributed by atoms with Gasteiger partial charge in [0, 0.05) is 6.54 Å². The maximum absolute atomic E-state index is 11.9. The van der Waals surface area contributed by atoms with E-state index in [9.17, 15) is 13.2 Å². The molecule has 0 radical (unpaired) electrons. The first-order valence-corrected chi connectivity index (χ1v) is 7.71. The normalized spacial score (nSPS) is 13.8. The highest BCUT2D eigenvalue weighted by Crippen LogP contribution is 2.17. The Balaban J connectivity index is 2.74. The van der Waals surface area contributed by atoms with E-state index < -0.39 is 16.1 Å². The number of sulfonamides is 1.